The molecule has 0 radical (unpaired) electrons. The fourth-order valence-corrected chi connectivity index (χ4v) is 7.74. The van der Waals surface area contributed by atoms with Crippen molar-refractivity contribution in [1.82, 2.24) is 20.1 Å². The van der Waals surface area contributed by atoms with E-state index in [0.29, 0.717) is 23.8 Å². The van der Waals surface area contributed by atoms with Gasteiger partial charge in [0.2, 0.25) is 5.91 Å². The fourth-order valence-electron chi connectivity index (χ4n) is 6.90. The number of amides is 2. The molecule has 5 atom stereocenters. The number of ether oxygens (including phenoxy) is 1. The summed E-state index contributed by atoms with van der Waals surface area (Å²) < 4.78 is 6.06. The van der Waals surface area contributed by atoms with Gasteiger partial charge in [0, 0.05) is 43.3 Å². The average molecular weight is 711 g/mol. The van der Waals surface area contributed by atoms with E-state index in [0.717, 1.165) is 37.8 Å². The number of Topliss-reactive ketones (excluding diaryl/α,β-unsaturated/α-hetero) is 1. The Morgan fingerprint density at radius 2 is 1.66 bits per heavy atom. The first-order chi connectivity index (χ1) is 23.6. The number of nitrogens with one attached hydrogen (secondary N) is 1. The minimum absolute atomic E-state index is 0.0216. The molecular formula is C40H62N4O5S. The van der Waals surface area contributed by atoms with E-state index in [1.54, 1.807) is 31.2 Å². The molecule has 1 aliphatic heterocycles. The summed E-state index contributed by atoms with van der Waals surface area (Å²) in [5.41, 5.74) is 1.44. The first kappa shape index (κ1) is 41.3. The topological polar surface area (TPSA) is 109 Å². The zero-order chi connectivity index (χ0) is 37.1. The van der Waals surface area contributed by atoms with Gasteiger partial charge >= 0.3 is 5.97 Å². The molecular weight excluding hydrogens is 649 g/mol. The Labute approximate surface area is 304 Å². The molecule has 0 bridgehead atoms. The van der Waals surface area contributed by atoms with Gasteiger partial charge in [-0.1, -0.05) is 92.1 Å². The molecule has 50 heavy (non-hydrogen) atoms. The Balaban J connectivity index is 1.82. The molecule has 2 aromatic rings. The number of nitrogens with zero attached hydrogens (tertiary/aromatic N) is 3. The normalized spacial score (nSPS) is 17.8. The highest BCUT2D eigenvalue weighted by Crippen LogP contribution is 2.33. The number of esters is 1. The summed E-state index contributed by atoms with van der Waals surface area (Å²) in [5, 5.41) is 5.44. The van der Waals surface area contributed by atoms with Crippen LogP contribution in [0, 0.1) is 29.6 Å². The SMILES string of the molecule is CC(C)C[C@H](Cc1ccccc1)NC(=O)c1csc([C@@H](C[C@H](C(C)C)N(C)C(=O)[C@@H](CC(=O)[C@H]2CCCCN2C)C(C)C)OC(=O)C(C)C)n1. The molecule has 2 amide bonds. The molecule has 1 aliphatic rings. The lowest BCUT2D eigenvalue weighted by Crippen LogP contribution is -2.48. The van der Waals surface area contributed by atoms with Crippen molar-refractivity contribution >= 4 is 34.9 Å². The maximum Gasteiger partial charge on any atom is 0.309 e. The molecule has 0 saturated carbocycles. The van der Waals surface area contributed by atoms with Gasteiger partial charge in [-0.3, -0.25) is 24.1 Å². The van der Waals surface area contributed by atoms with E-state index < -0.39 is 12.0 Å². The molecule has 278 valence electrons. The summed E-state index contributed by atoms with van der Waals surface area (Å²) in [7, 11) is 3.79. The van der Waals surface area contributed by atoms with Crippen molar-refractivity contribution in [2.75, 3.05) is 20.6 Å². The number of likely N-dealkylation sites (tertiary alicyclic amines) is 1. The van der Waals surface area contributed by atoms with Crippen LogP contribution in [0.3, 0.4) is 0 Å². The number of hydrogen-bond donors (Lipinski definition) is 1. The van der Waals surface area contributed by atoms with Crippen LogP contribution in [0.4, 0.5) is 0 Å². The Hall–Kier alpha value is -3.11. The van der Waals surface area contributed by atoms with Crippen LogP contribution in [-0.4, -0.2) is 77.1 Å². The molecule has 1 fully saturated rings. The van der Waals surface area contributed by atoms with E-state index in [1.165, 1.54) is 11.3 Å². The molecule has 1 aromatic carbocycles. The molecule has 0 spiro atoms. The van der Waals surface area contributed by atoms with E-state index >= 15 is 0 Å². The number of carbonyl (C=O) groups is 4. The molecule has 0 unspecified atom stereocenters. The molecule has 2 heterocycles. The van der Waals surface area contributed by atoms with Crippen molar-refractivity contribution in [2.45, 2.75) is 125 Å². The Bertz CT molecular complexity index is 1390. The van der Waals surface area contributed by atoms with Gasteiger partial charge in [0.05, 0.1) is 12.0 Å². The first-order valence-electron chi connectivity index (χ1n) is 18.6. The third-order valence-corrected chi connectivity index (χ3v) is 10.9. The van der Waals surface area contributed by atoms with Crippen molar-refractivity contribution < 1.29 is 23.9 Å². The van der Waals surface area contributed by atoms with Crippen LogP contribution in [0.25, 0.3) is 0 Å². The van der Waals surface area contributed by atoms with Crippen LogP contribution in [-0.2, 0) is 25.5 Å². The fraction of sp³-hybridized carbons (Fsp3) is 0.675. The quantitative estimate of drug-likeness (QED) is 0.161. The number of carbonyl (C=O) groups excluding carboxylic acids is 4. The lowest BCUT2D eigenvalue weighted by Gasteiger charge is -2.37. The summed E-state index contributed by atoms with van der Waals surface area (Å²) in [4.78, 5) is 62.7. The van der Waals surface area contributed by atoms with Gasteiger partial charge in [-0.25, -0.2) is 4.98 Å². The van der Waals surface area contributed by atoms with Gasteiger partial charge in [-0.2, -0.15) is 0 Å². The van der Waals surface area contributed by atoms with Crippen molar-refractivity contribution in [1.29, 1.82) is 0 Å². The summed E-state index contributed by atoms with van der Waals surface area (Å²) in [6.45, 7) is 16.8. The average Bonchev–Trinajstić information content (AvgIpc) is 3.55. The van der Waals surface area contributed by atoms with Crippen LogP contribution in [0.2, 0.25) is 0 Å². The number of rotatable bonds is 18. The zero-order valence-corrected chi connectivity index (χ0v) is 32.9. The molecule has 1 N–H and O–H groups in total. The van der Waals surface area contributed by atoms with Gasteiger partial charge in [-0.15, -0.1) is 11.3 Å². The maximum absolute atomic E-state index is 14.2. The molecule has 0 aliphatic carbocycles. The number of ketones is 1. The largest absolute Gasteiger partial charge is 0.455 e. The maximum atomic E-state index is 14.2. The molecule has 9 nitrogen and oxygen atoms in total. The lowest BCUT2D eigenvalue weighted by molar-refractivity contribution is -0.155. The van der Waals surface area contributed by atoms with Crippen LogP contribution in [0.5, 0.6) is 0 Å². The van der Waals surface area contributed by atoms with Crippen LogP contribution >= 0.6 is 11.3 Å². The van der Waals surface area contributed by atoms with E-state index in [1.807, 2.05) is 52.9 Å². The lowest BCUT2D eigenvalue weighted by atomic mass is 9.84. The summed E-state index contributed by atoms with van der Waals surface area (Å²) >= 11 is 1.29. The van der Waals surface area contributed by atoms with Crippen LogP contribution < -0.4 is 5.32 Å². The molecule has 10 heteroatoms. The predicted octanol–water partition coefficient (Wildman–Crippen LogP) is 7.36. The van der Waals surface area contributed by atoms with E-state index in [2.05, 4.69) is 36.2 Å². The van der Waals surface area contributed by atoms with Gasteiger partial charge in [-0.05, 0) is 62.6 Å². The van der Waals surface area contributed by atoms with Crippen molar-refractivity contribution in [3.05, 3.63) is 52.0 Å². The van der Waals surface area contributed by atoms with Gasteiger partial charge < -0.3 is 15.0 Å². The van der Waals surface area contributed by atoms with Gasteiger partial charge in [0.25, 0.3) is 5.91 Å². The first-order valence-corrected chi connectivity index (χ1v) is 19.5. The second-order valence-corrected chi connectivity index (χ2v) is 16.5. The number of likely N-dealkylation sites (N-methyl/N-ethyl adjacent to an activating group) is 1. The third kappa shape index (κ3) is 12.0. The Kier molecular flexibility index (Phi) is 16.1. The van der Waals surface area contributed by atoms with Crippen molar-refractivity contribution in [3.63, 3.8) is 0 Å². The minimum Gasteiger partial charge on any atom is -0.455 e. The molecule has 1 aromatic heterocycles. The van der Waals surface area contributed by atoms with E-state index in [9.17, 15) is 19.2 Å². The summed E-state index contributed by atoms with van der Waals surface area (Å²) in [5.74, 6) is -0.991. The highest BCUT2D eigenvalue weighted by Gasteiger charge is 2.37. The number of hydrogen-bond acceptors (Lipinski definition) is 8. The summed E-state index contributed by atoms with van der Waals surface area (Å²) in [6, 6.07) is 9.62. The van der Waals surface area contributed by atoms with Crippen LogP contribution in [0.15, 0.2) is 35.7 Å². The Morgan fingerprint density at radius 3 is 2.24 bits per heavy atom. The van der Waals surface area contributed by atoms with Crippen molar-refractivity contribution in [2.24, 2.45) is 29.6 Å². The monoisotopic (exact) mass is 710 g/mol. The van der Waals surface area contributed by atoms with Gasteiger partial charge in [0.1, 0.15) is 10.7 Å². The number of thiazole rings is 1. The smallest absolute Gasteiger partial charge is 0.309 e. The van der Waals surface area contributed by atoms with Crippen LogP contribution in [0.1, 0.15) is 121 Å². The zero-order valence-electron chi connectivity index (χ0n) is 32.1. The summed E-state index contributed by atoms with van der Waals surface area (Å²) in [6.07, 6.45) is 4.27. The minimum atomic E-state index is -0.745. The number of aromatic nitrogens is 1. The standard InChI is InChI=1S/C40H62N4O5S/c1-25(2)20-30(21-29-16-12-11-13-17-29)41-37(46)32-24-50-38(42-32)36(49-40(48)28(7)8)23-34(27(5)6)44(10)39(47)31(26(3)4)22-35(45)33-18-14-15-19-43(33)9/h11-13,16-17,24-28,30-31,33-34,36H,14-15,18-23H2,1-10H3,(H,41,46)/t30-,31+,33-,34-,36-/m1/s1. The predicted molar refractivity (Wildman–Crippen MR) is 201 cm³/mol. The van der Waals surface area contributed by atoms with E-state index in [-0.39, 0.29) is 71.6 Å². The van der Waals surface area contributed by atoms with E-state index in [4.69, 9.17) is 9.72 Å². The number of benzene rings is 1. The Morgan fingerprint density at radius 1 is 0.980 bits per heavy atom. The molecule has 1 saturated heterocycles. The highest BCUT2D eigenvalue weighted by atomic mass is 32.1. The third-order valence-electron chi connectivity index (χ3n) is 9.93. The second-order valence-electron chi connectivity index (χ2n) is 15.7. The number of piperidine rings is 1. The second kappa shape index (κ2) is 19.5. The van der Waals surface area contributed by atoms with Crippen molar-refractivity contribution in [3.8, 4) is 0 Å². The molecule has 3 rings (SSSR count). The highest BCUT2D eigenvalue weighted by molar-refractivity contribution is 7.09. The van der Waals surface area contributed by atoms with Gasteiger partial charge in [0.15, 0.2) is 11.9 Å².